The second-order valence-corrected chi connectivity index (χ2v) is 4.34. The van der Waals surface area contributed by atoms with Crippen LogP contribution in [0, 0.1) is 0 Å². The Kier molecular flexibility index (Phi) is 2.61. The normalized spacial score (nSPS) is 39.0. The van der Waals surface area contributed by atoms with Crippen molar-refractivity contribution in [1.82, 2.24) is 4.90 Å². The zero-order valence-electron chi connectivity index (χ0n) is 6.33. The molecule has 11 heavy (non-hydrogen) atoms. The Hall–Kier alpha value is 0.560. The summed E-state index contributed by atoms with van der Waals surface area (Å²) in [6, 6.07) is 0.666. The van der Waals surface area contributed by atoms with Gasteiger partial charge in [0.25, 0.3) is 0 Å². The van der Waals surface area contributed by atoms with Gasteiger partial charge in [0.05, 0.1) is 12.7 Å². The first-order valence-corrected chi connectivity index (χ1v) is 5.58. The summed E-state index contributed by atoms with van der Waals surface area (Å²) in [5, 5.41) is 0. The molecule has 2 nitrogen and oxygen atoms in total. The lowest BCUT2D eigenvalue weighted by atomic mass is 10.2. The summed E-state index contributed by atoms with van der Waals surface area (Å²) in [7, 11) is 0. The van der Waals surface area contributed by atoms with Gasteiger partial charge >= 0.3 is 0 Å². The van der Waals surface area contributed by atoms with E-state index in [1.54, 1.807) is 0 Å². The zero-order valence-corrected chi connectivity index (χ0v) is 7.90. The monoisotopic (exact) mass is 193 g/mol. The van der Waals surface area contributed by atoms with Crippen LogP contribution in [0.15, 0.2) is 0 Å². The van der Waals surface area contributed by atoms with Crippen LogP contribution in [0.25, 0.3) is 0 Å². The van der Waals surface area contributed by atoms with E-state index in [1.807, 2.05) is 11.8 Å². The van der Waals surface area contributed by atoms with Crippen LogP contribution in [0.5, 0.6) is 0 Å². The molecule has 0 aromatic rings. The standard InChI is InChI=1S/C7H12ClNOS/c8-1-7-2-9-5-11-4-6(9)3-10-7/h6-7H,1-5H2/t6-,7?/m1/s1. The second kappa shape index (κ2) is 3.52. The zero-order chi connectivity index (χ0) is 7.68. The topological polar surface area (TPSA) is 12.5 Å². The van der Waals surface area contributed by atoms with Gasteiger partial charge in [-0.25, -0.2) is 0 Å². The van der Waals surface area contributed by atoms with Gasteiger partial charge in [-0.1, -0.05) is 0 Å². The highest BCUT2D eigenvalue weighted by atomic mass is 35.5. The number of nitrogens with zero attached hydrogens (tertiary/aromatic N) is 1. The molecule has 2 aliphatic rings. The third kappa shape index (κ3) is 1.66. The van der Waals surface area contributed by atoms with Gasteiger partial charge in [0.2, 0.25) is 0 Å². The number of hydrogen-bond acceptors (Lipinski definition) is 3. The quantitative estimate of drug-likeness (QED) is 0.577. The lowest BCUT2D eigenvalue weighted by Gasteiger charge is -2.33. The van der Waals surface area contributed by atoms with Crippen molar-refractivity contribution >= 4 is 23.4 Å². The summed E-state index contributed by atoms with van der Waals surface area (Å²) in [5.74, 6) is 3.03. The largest absolute Gasteiger partial charge is 0.374 e. The van der Waals surface area contributed by atoms with Gasteiger partial charge in [-0.05, 0) is 0 Å². The fourth-order valence-corrected chi connectivity index (χ4v) is 2.95. The number of alkyl halides is 1. The lowest BCUT2D eigenvalue weighted by molar-refractivity contribution is -0.0341. The molecule has 2 atom stereocenters. The fraction of sp³-hybridized carbons (Fsp3) is 1.00. The Morgan fingerprint density at radius 3 is 3.36 bits per heavy atom. The number of hydrogen-bond donors (Lipinski definition) is 0. The van der Waals surface area contributed by atoms with Crippen LogP contribution in [-0.2, 0) is 4.74 Å². The molecule has 2 heterocycles. The average molecular weight is 194 g/mol. The van der Waals surface area contributed by atoms with Crippen molar-refractivity contribution in [2.45, 2.75) is 12.1 Å². The van der Waals surface area contributed by atoms with E-state index in [1.165, 1.54) is 11.6 Å². The molecule has 0 N–H and O–H groups in total. The minimum Gasteiger partial charge on any atom is -0.374 e. The van der Waals surface area contributed by atoms with Crippen LogP contribution in [-0.4, -0.2) is 47.7 Å². The molecule has 0 bridgehead atoms. The molecule has 0 aromatic carbocycles. The smallest absolute Gasteiger partial charge is 0.0838 e. The van der Waals surface area contributed by atoms with Crippen molar-refractivity contribution < 1.29 is 4.74 Å². The predicted octanol–water partition coefficient (Wildman–Crippen LogP) is 0.999. The van der Waals surface area contributed by atoms with Gasteiger partial charge in [0, 0.05) is 30.1 Å². The lowest BCUT2D eigenvalue weighted by Crippen LogP contribution is -2.47. The molecule has 1 unspecified atom stereocenters. The Bertz CT molecular complexity index is 146. The van der Waals surface area contributed by atoms with E-state index < -0.39 is 0 Å². The third-order valence-corrected chi connectivity index (χ3v) is 3.70. The fourth-order valence-electron chi connectivity index (χ4n) is 1.53. The van der Waals surface area contributed by atoms with E-state index in [-0.39, 0.29) is 6.10 Å². The van der Waals surface area contributed by atoms with E-state index in [0.29, 0.717) is 11.9 Å². The summed E-state index contributed by atoms with van der Waals surface area (Å²) in [4.78, 5) is 2.47. The van der Waals surface area contributed by atoms with Crippen LogP contribution < -0.4 is 0 Å². The summed E-state index contributed by atoms with van der Waals surface area (Å²) < 4.78 is 5.55. The van der Waals surface area contributed by atoms with E-state index >= 15 is 0 Å². The minimum atomic E-state index is 0.270. The molecular weight excluding hydrogens is 182 g/mol. The molecule has 4 heteroatoms. The molecule has 0 aliphatic carbocycles. The minimum absolute atomic E-state index is 0.270. The molecule has 64 valence electrons. The van der Waals surface area contributed by atoms with E-state index in [9.17, 15) is 0 Å². The first-order chi connectivity index (χ1) is 5.40. The van der Waals surface area contributed by atoms with Gasteiger partial charge in [-0.15, -0.1) is 23.4 Å². The highest BCUT2D eigenvalue weighted by Crippen LogP contribution is 2.25. The second-order valence-electron chi connectivity index (χ2n) is 3.03. The Balaban J connectivity index is 1.91. The van der Waals surface area contributed by atoms with Gasteiger partial charge in [-0.2, -0.15) is 0 Å². The van der Waals surface area contributed by atoms with Crippen LogP contribution in [0.2, 0.25) is 0 Å². The number of ether oxygens (including phenoxy) is 1. The molecule has 0 spiro atoms. The maximum atomic E-state index is 5.71. The summed E-state index contributed by atoms with van der Waals surface area (Å²) in [6.07, 6.45) is 0.270. The first kappa shape index (κ1) is 8.17. The molecule has 2 saturated heterocycles. The maximum Gasteiger partial charge on any atom is 0.0838 e. The van der Waals surface area contributed by atoms with Gasteiger partial charge < -0.3 is 4.74 Å². The van der Waals surface area contributed by atoms with Gasteiger partial charge in [0.15, 0.2) is 0 Å². The van der Waals surface area contributed by atoms with Crippen molar-refractivity contribution in [3.8, 4) is 0 Å². The summed E-state index contributed by atoms with van der Waals surface area (Å²) in [6.45, 7) is 1.91. The summed E-state index contributed by atoms with van der Waals surface area (Å²) >= 11 is 7.71. The number of halogens is 1. The SMILES string of the molecule is ClCC1CN2CSC[C@H]2CO1. The number of thioether (sulfide) groups is 1. The molecule has 2 fully saturated rings. The Morgan fingerprint density at radius 1 is 1.64 bits per heavy atom. The van der Waals surface area contributed by atoms with Gasteiger partial charge in [0.1, 0.15) is 0 Å². The van der Waals surface area contributed by atoms with E-state index in [0.717, 1.165) is 13.2 Å². The maximum absolute atomic E-state index is 5.71. The van der Waals surface area contributed by atoms with Crippen molar-refractivity contribution in [3.05, 3.63) is 0 Å². The van der Waals surface area contributed by atoms with E-state index in [2.05, 4.69) is 4.90 Å². The van der Waals surface area contributed by atoms with E-state index in [4.69, 9.17) is 16.3 Å². The first-order valence-electron chi connectivity index (χ1n) is 3.89. The van der Waals surface area contributed by atoms with Crippen molar-refractivity contribution in [3.63, 3.8) is 0 Å². The van der Waals surface area contributed by atoms with Gasteiger partial charge in [-0.3, -0.25) is 4.90 Å². The highest BCUT2D eigenvalue weighted by molar-refractivity contribution is 7.99. The average Bonchev–Trinajstić information content (AvgIpc) is 2.50. The molecule has 2 aliphatic heterocycles. The number of morpholine rings is 1. The molecule has 0 radical (unpaired) electrons. The van der Waals surface area contributed by atoms with Crippen LogP contribution >= 0.6 is 23.4 Å². The Labute approximate surface area is 76.2 Å². The molecule has 0 aromatic heterocycles. The van der Waals surface area contributed by atoms with Crippen molar-refractivity contribution in [1.29, 1.82) is 0 Å². The summed E-state index contributed by atoms with van der Waals surface area (Å²) in [5.41, 5.74) is 0. The Morgan fingerprint density at radius 2 is 2.55 bits per heavy atom. The molecule has 0 saturated carbocycles. The molecular formula is C7H12ClNOS. The van der Waals surface area contributed by atoms with Crippen LogP contribution in [0.4, 0.5) is 0 Å². The van der Waals surface area contributed by atoms with Crippen molar-refractivity contribution in [2.24, 2.45) is 0 Å². The van der Waals surface area contributed by atoms with Crippen molar-refractivity contribution in [2.75, 3.05) is 30.7 Å². The predicted molar refractivity (Wildman–Crippen MR) is 48.3 cm³/mol. The van der Waals surface area contributed by atoms with Crippen LogP contribution in [0.3, 0.4) is 0 Å². The third-order valence-electron chi connectivity index (χ3n) is 2.22. The molecule has 0 amide bonds. The molecule has 2 rings (SSSR count). The highest BCUT2D eigenvalue weighted by Gasteiger charge is 2.31. The number of rotatable bonds is 1. The number of fused-ring (bicyclic) bond motifs is 1. The van der Waals surface area contributed by atoms with Crippen LogP contribution in [0.1, 0.15) is 0 Å².